The average molecular weight is 450 g/mol. The second-order valence-corrected chi connectivity index (χ2v) is 8.80. The van der Waals surface area contributed by atoms with Crippen LogP contribution in [0, 0.1) is 6.07 Å². The normalized spacial score (nSPS) is 11.4. The van der Waals surface area contributed by atoms with Crippen molar-refractivity contribution in [3.63, 3.8) is 0 Å². The first kappa shape index (κ1) is 19.2. The number of primary amides is 1. The van der Waals surface area contributed by atoms with Gasteiger partial charge in [-0.25, -0.2) is 0 Å². The Bertz CT molecular complexity index is 1420. The Morgan fingerprint density at radius 1 is 1.07 bits per heavy atom. The van der Waals surface area contributed by atoms with Gasteiger partial charge in [-0.05, 0) is 65.0 Å². The van der Waals surface area contributed by atoms with Crippen molar-refractivity contribution in [1.82, 2.24) is 4.57 Å². The Hall–Kier alpha value is -2.79. The predicted molar refractivity (Wildman–Crippen MR) is 126 cm³/mol. The molecule has 30 heavy (non-hydrogen) atoms. The molecule has 0 saturated carbocycles. The van der Waals surface area contributed by atoms with Crippen molar-refractivity contribution in [2.45, 2.75) is 6.54 Å². The van der Waals surface area contributed by atoms with Gasteiger partial charge in [-0.15, -0.1) is 11.3 Å². The number of hydrogen-bond donors (Lipinski definition) is 1. The molecule has 5 aromatic rings. The molecule has 0 unspecified atom stereocenters. The van der Waals surface area contributed by atoms with Gasteiger partial charge in [-0.1, -0.05) is 41.4 Å². The Labute approximate surface area is 187 Å². The molecule has 0 aliphatic carbocycles. The first-order valence-corrected chi connectivity index (χ1v) is 10.9. The number of rotatable bonds is 4. The monoisotopic (exact) mass is 449 g/mol. The van der Waals surface area contributed by atoms with Crippen molar-refractivity contribution in [1.29, 1.82) is 0 Å². The van der Waals surface area contributed by atoms with Crippen molar-refractivity contribution in [2.75, 3.05) is 0 Å². The summed E-state index contributed by atoms with van der Waals surface area (Å²) in [4.78, 5) is 13.3. The molecule has 2 heterocycles. The van der Waals surface area contributed by atoms with Crippen molar-refractivity contribution in [2.24, 2.45) is 5.73 Å². The molecule has 0 spiro atoms. The van der Waals surface area contributed by atoms with Crippen LogP contribution in [0.4, 0.5) is 0 Å². The second-order valence-electron chi connectivity index (χ2n) is 7.01. The molecule has 0 aliphatic rings. The molecule has 0 bridgehead atoms. The topological polar surface area (TPSA) is 48.0 Å². The highest BCUT2D eigenvalue weighted by Gasteiger charge is 2.18. The van der Waals surface area contributed by atoms with Gasteiger partial charge in [0.25, 0.3) is 0 Å². The number of hydrogen-bond acceptors (Lipinski definition) is 2. The number of nitrogens with zero attached hydrogens (tertiary/aromatic N) is 1. The molecule has 0 saturated heterocycles. The number of thiophene rings is 1. The molecule has 6 heteroatoms. The fourth-order valence-electron chi connectivity index (χ4n) is 3.84. The minimum atomic E-state index is -0.458. The summed E-state index contributed by atoms with van der Waals surface area (Å²) in [6.45, 7) is 0.528. The molecule has 3 aromatic carbocycles. The van der Waals surface area contributed by atoms with Gasteiger partial charge in [0, 0.05) is 37.8 Å². The SMILES string of the molecule is NC(=O)c1cccc2c1c1[c]cc(-c3cccs3)cc1n2Cc1ccc(Cl)cc1Cl. The third-order valence-corrected chi connectivity index (χ3v) is 6.72. The Morgan fingerprint density at radius 2 is 1.93 bits per heavy atom. The molecular formula is C24H15Cl2N2OS. The van der Waals surface area contributed by atoms with Crippen molar-refractivity contribution in [3.8, 4) is 10.4 Å². The standard InChI is InChI=1S/C24H15Cl2N2OS/c25-16-8-6-15(19(26)12-16)13-28-20-4-1-3-18(24(27)29)23(20)17-9-7-14(11-21(17)28)22-5-2-10-30-22/h1-8,10-12H,13H2,(H2,27,29). The predicted octanol–water partition coefficient (Wildman–Crippen LogP) is 6.78. The molecule has 0 atom stereocenters. The van der Waals surface area contributed by atoms with E-state index >= 15 is 0 Å². The minimum Gasteiger partial charge on any atom is -0.366 e. The smallest absolute Gasteiger partial charge is 0.249 e. The Balaban J connectivity index is 1.82. The zero-order valence-corrected chi connectivity index (χ0v) is 18.0. The van der Waals surface area contributed by atoms with Gasteiger partial charge in [0.2, 0.25) is 5.91 Å². The van der Waals surface area contributed by atoms with Crippen LogP contribution in [0.3, 0.4) is 0 Å². The van der Waals surface area contributed by atoms with E-state index < -0.39 is 5.91 Å². The number of carbonyl (C=O) groups is 1. The quantitative estimate of drug-likeness (QED) is 0.323. The molecular weight excluding hydrogens is 435 g/mol. The Kier molecular flexibility index (Phi) is 4.78. The van der Waals surface area contributed by atoms with Gasteiger partial charge >= 0.3 is 0 Å². The molecule has 5 rings (SSSR count). The fourth-order valence-corrected chi connectivity index (χ4v) is 5.02. The highest BCUT2D eigenvalue weighted by Crippen LogP contribution is 2.36. The van der Waals surface area contributed by atoms with Crippen LogP contribution < -0.4 is 5.73 Å². The lowest BCUT2D eigenvalue weighted by Gasteiger charge is -2.10. The van der Waals surface area contributed by atoms with Gasteiger partial charge in [-0.2, -0.15) is 0 Å². The van der Waals surface area contributed by atoms with E-state index in [1.165, 1.54) is 0 Å². The molecule has 2 aromatic heterocycles. The van der Waals surface area contributed by atoms with E-state index in [-0.39, 0.29) is 0 Å². The summed E-state index contributed by atoms with van der Waals surface area (Å²) in [5, 5.41) is 4.91. The number of halogens is 2. The van der Waals surface area contributed by atoms with Gasteiger partial charge in [-0.3, -0.25) is 4.79 Å². The molecule has 0 aliphatic heterocycles. The zero-order valence-electron chi connectivity index (χ0n) is 15.7. The van der Waals surface area contributed by atoms with Crippen LogP contribution in [0.1, 0.15) is 15.9 Å². The minimum absolute atomic E-state index is 0.458. The number of nitrogens with two attached hydrogens (primary N) is 1. The van der Waals surface area contributed by atoms with Crippen LogP contribution in [0.5, 0.6) is 0 Å². The van der Waals surface area contributed by atoms with Gasteiger partial charge in [0.15, 0.2) is 0 Å². The molecule has 147 valence electrons. The summed E-state index contributed by atoms with van der Waals surface area (Å²) in [6.07, 6.45) is 0. The van der Waals surface area contributed by atoms with Gasteiger partial charge < -0.3 is 10.3 Å². The lowest BCUT2D eigenvalue weighted by molar-refractivity contribution is 0.100. The summed E-state index contributed by atoms with van der Waals surface area (Å²) < 4.78 is 2.15. The summed E-state index contributed by atoms with van der Waals surface area (Å²) in [5.74, 6) is -0.458. The van der Waals surface area contributed by atoms with E-state index in [1.54, 1.807) is 23.5 Å². The number of carbonyl (C=O) groups excluding carboxylic acids is 1. The molecule has 0 fully saturated rings. The van der Waals surface area contributed by atoms with E-state index in [9.17, 15) is 4.79 Å². The summed E-state index contributed by atoms with van der Waals surface area (Å²) in [6, 6.07) is 22.7. The maximum Gasteiger partial charge on any atom is 0.249 e. The molecule has 2 N–H and O–H groups in total. The average Bonchev–Trinajstić information content (AvgIpc) is 3.36. The number of fused-ring (bicyclic) bond motifs is 3. The summed E-state index contributed by atoms with van der Waals surface area (Å²) in [7, 11) is 0. The van der Waals surface area contributed by atoms with Crippen LogP contribution in [0.25, 0.3) is 32.2 Å². The highest BCUT2D eigenvalue weighted by atomic mass is 35.5. The largest absolute Gasteiger partial charge is 0.366 e. The number of benzene rings is 3. The van der Waals surface area contributed by atoms with Crippen LogP contribution in [0.15, 0.2) is 66.0 Å². The third kappa shape index (κ3) is 3.18. The first-order chi connectivity index (χ1) is 14.5. The molecule has 1 radical (unpaired) electrons. The van der Waals surface area contributed by atoms with Crippen LogP contribution in [-0.2, 0) is 6.54 Å². The van der Waals surface area contributed by atoms with Crippen molar-refractivity contribution in [3.05, 3.63) is 93.3 Å². The molecule has 1 amide bonds. The number of amides is 1. The maximum absolute atomic E-state index is 12.1. The van der Waals surface area contributed by atoms with Crippen LogP contribution >= 0.6 is 34.5 Å². The van der Waals surface area contributed by atoms with Crippen molar-refractivity contribution < 1.29 is 4.79 Å². The maximum atomic E-state index is 12.1. The lowest BCUT2D eigenvalue weighted by atomic mass is 10.0. The summed E-state index contributed by atoms with van der Waals surface area (Å²) >= 11 is 14.2. The van der Waals surface area contributed by atoms with Crippen LogP contribution in [0.2, 0.25) is 10.0 Å². The third-order valence-electron chi connectivity index (χ3n) is 5.21. The van der Waals surface area contributed by atoms with E-state index in [0.717, 1.165) is 37.8 Å². The van der Waals surface area contributed by atoms with Gasteiger partial charge in [0.05, 0.1) is 11.0 Å². The second kappa shape index (κ2) is 7.47. The molecule has 3 nitrogen and oxygen atoms in total. The van der Waals surface area contributed by atoms with E-state index in [0.29, 0.717) is 22.2 Å². The van der Waals surface area contributed by atoms with E-state index in [4.69, 9.17) is 28.9 Å². The Morgan fingerprint density at radius 3 is 2.67 bits per heavy atom. The fraction of sp³-hybridized carbons (Fsp3) is 0.0417. The van der Waals surface area contributed by atoms with E-state index in [2.05, 4.69) is 22.8 Å². The summed E-state index contributed by atoms with van der Waals surface area (Å²) in [5.41, 5.74) is 10.1. The highest BCUT2D eigenvalue weighted by molar-refractivity contribution is 7.13. The first-order valence-electron chi connectivity index (χ1n) is 9.27. The zero-order chi connectivity index (χ0) is 20.8. The van der Waals surface area contributed by atoms with Crippen molar-refractivity contribution >= 4 is 62.3 Å². The lowest BCUT2D eigenvalue weighted by Crippen LogP contribution is -2.11. The van der Waals surface area contributed by atoms with E-state index in [1.807, 2.05) is 41.8 Å². The van der Waals surface area contributed by atoms with Crippen LogP contribution in [-0.4, -0.2) is 10.5 Å². The number of aromatic nitrogens is 1. The van der Waals surface area contributed by atoms with Gasteiger partial charge in [0.1, 0.15) is 0 Å².